The minimum Gasteiger partial charge on any atom is -0.464 e. The second-order valence-electron chi connectivity index (χ2n) is 4.84. The smallest absolute Gasteiger partial charge is 0.306 e. The maximum atomic E-state index is 11.2. The first-order chi connectivity index (χ1) is 10.6. The normalized spacial score (nSPS) is 26.1. The Balaban J connectivity index is 2.32. The molecule has 6 heteroatoms. The second-order valence-corrected chi connectivity index (χ2v) is 6.41. The van der Waals surface area contributed by atoms with E-state index in [2.05, 4.69) is 0 Å². The van der Waals surface area contributed by atoms with Crippen LogP contribution in [0.2, 0.25) is 0 Å². The van der Waals surface area contributed by atoms with Crippen molar-refractivity contribution in [1.82, 2.24) is 0 Å². The van der Waals surface area contributed by atoms with Crippen LogP contribution in [0.4, 0.5) is 0 Å². The number of hydrogen-bond acceptors (Lipinski definition) is 5. The van der Waals surface area contributed by atoms with Crippen molar-refractivity contribution in [2.45, 2.75) is 32.4 Å². The molecule has 1 heterocycles. The van der Waals surface area contributed by atoms with Gasteiger partial charge in [-0.1, -0.05) is 0 Å². The highest BCUT2D eigenvalue weighted by Crippen LogP contribution is 2.44. The fourth-order valence-corrected chi connectivity index (χ4v) is 2.41. The van der Waals surface area contributed by atoms with Gasteiger partial charge >= 0.3 is 10.1 Å². The van der Waals surface area contributed by atoms with E-state index in [9.17, 15) is 8.42 Å². The molecule has 1 aliphatic heterocycles. The predicted octanol–water partition coefficient (Wildman–Crippen LogP) is 2.06. The highest BCUT2D eigenvalue weighted by Gasteiger charge is 2.42. The molecule has 0 aliphatic carbocycles. The van der Waals surface area contributed by atoms with Crippen LogP contribution in [0.25, 0.3) is 0 Å². The van der Waals surface area contributed by atoms with Crippen LogP contribution in [0.3, 0.4) is 0 Å². The van der Waals surface area contributed by atoms with E-state index in [-0.39, 0.29) is 5.75 Å². The van der Waals surface area contributed by atoms with Crippen molar-refractivity contribution in [3.8, 4) is 11.5 Å². The molecule has 106 valence electrons. The standard InChI is InChI=1S/C13H18O5S/c1-5-16-12-13(2,3)10-8-9(18-19(4,14)15)6-7-11(10)17-12/h6-8,12H,5H2,1-4H3/i1D3,5D2. The van der Waals surface area contributed by atoms with Gasteiger partial charge in [-0.05, 0) is 38.9 Å². The fraction of sp³-hybridized carbons (Fsp3) is 0.538. The Morgan fingerprint density at radius 2 is 2.26 bits per heavy atom. The van der Waals surface area contributed by atoms with Gasteiger partial charge in [0.25, 0.3) is 0 Å². The Kier molecular flexibility index (Phi) is 2.17. The number of fused-ring (bicyclic) bond motifs is 1. The number of ether oxygens (including phenoxy) is 2. The first-order valence-corrected chi connectivity index (χ1v) is 7.34. The third kappa shape index (κ3) is 2.84. The number of benzene rings is 1. The molecule has 0 bridgehead atoms. The Bertz CT molecular complexity index is 742. The third-order valence-corrected chi connectivity index (χ3v) is 3.38. The van der Waals surface area contributed by atoms with Crippen molar-refractivity contribution in [2.24, 2.45) is 0 Å². The van der Waals surface area contributed by atoms with Crippen molar-refractivity contribution >= 4 is 10.1 Å². The molecule has 0 fully saturated rings. The van der Waals surface area contributed by atoms with Crippen molar-refractivity contribution < 1.29 is 28.9 Å². The highest BCUT2D eigenvalue weighted by molar-refractivity contribution is 7.86. The van der Waals surface area contributed by atoms with Gasteiger partial charge in [0.1, 0.15) is 11.5 Å². The Labute approximate surface area is 120 Å². The lowest BCUT2D eigenvalue weighted by Gasteiger charge is -2.25. The summed E-state index contributed by atoms with van der Waals surface area (Å²) in [6, 6.07) is 4.30. The Morgan fingerprint density at radius 1 is 1.53 bits per heavy atom. The van der Waals surface area contributed by atoms with Crippen LogP contribution >= 0.6 is 0 Å². The first kappa shape index (κ1) is 8.81. The first-order valence-electron chi connectivity index (χ1n) is 8.02. The maximum absolute atomic E-state index is 11.2. The summed E-state index contributed by atoms with van der Waals surface area (Å²) < 4.78 is 74.7. The van der Waals surface area contributed by atoms with Crippen LogP contribution in [0.5, 0.6) is 11.5 Å². The summed E-state index contributed by atoms with van der Waals surface area (Å²) in [5, 5.41) is 0. The minimum absolute atomic E-state index is 0.0763. The second kappa shape index (κ2) is 4.68. The zero-order valence-corrected chi connectivity index (χ0v) is 11.6. The van der Waals surface area contributed by atoms with Gasteiger partial charge in [-0.2, -0.15) is 8.42 Å². The van der Waals surface area contributed by atoms with Gasteiger partial charge in [0.2, 0.25) is 6.29 Å². The molecule has 19 heavy (non-hydrogen) atoms. The molecular weight excluding hydrogens is 268 g/mol. The van der Waals surface area contributed by atoms with E-state index in [4.69, 9.17) is 20.5 Å². The average molecular weight is 291 g/mol. The summed E-state index contributed by atoms with van der Waals surface area (Å²) in [5.74, 6) is 0.416. The molecule has 0 N–H and O–H groups in total. The van der Waals surface area contributed by atoms with Crippen LogP contribution in [0.15, 0.2) is 18.2 Å². The van der Waals surface area contributed by atoms with Gasteiger partial charge in [0, 0.05) is 16.2 Å². The molecule has 1 aromatic rings. The van der Waals surface area contributed by atoms with Gasteiger partial charge < -0.3 is 13.7 Å². The fourth-order valence-electron chi connectivity index (χ4n) is 1.96. The number of rotatable bonds is 4. The lowest BCUT2D eigenvalue weighted by atomic mass is 9.85. The molecule has 0 saturated carbocycles. The lowest BCUT2D eigenvalue weighted by Crippen LogP contribution is -2.34. The Hall–Kier alpha value is -1.27. The quantitative estimate of drug-likeness (QED) is 0.795. The molecule has 2 rings (SSSR count). The molecule has 5 nitrogen and oxygen atoms in total. The van der Waals surface area contributed by atoms with Gasteiger partial charge in [0.05, 0.1) is 14.4 Å². The minimum atomic E-state index is -3.70. The van der Waals surface area contributed by atoms with Gasteiger partial charge in [0.15, 0.2) is 0 Å². The van der Waals surface area contributed by atoms with Gasteiger partial charge in [-0.3, -0.25) is 0 Å². The summed E-state index contributed by atoms with van der Waals surface area (Å²) in [7, 11) is -3.70. The monoisotopic (exact) mass is 291 g/mol. The highest BCUT2D eigenvalue weighted by atomic mass is 32.2. The van der Waals surface area contributed by atoms with E-state index in [1.807, 2.05) is 0 Å². The van der Waals surface area contributed by atoms with Gasteiger partial charge in [-0.25, -0.2) is 0 Å². The average Bonchev–Trinajstić information content (AvgIpc) is 2.58. The van der Waals surface area contributed by atoms with Gasteiger partial charge in [-0.15, -0.1) is 0 Å². The summed E-state index contributed by atoms with van der Waals surface area (Å²) >= 11 is 0. The summed E-state index contributed by atoms with van der Waals surface area (Å²) in [4.78, 5) is 0. The zero-order chi connectivity index (χ0) is 18.6. The molecule has 1 atom stereocenters. The van der Waals surface area contributed by atoms with E-state index in [1.54, 1.807) is 13.8 Å². The zero-order valence-electron chi connectivity index (χ0n) is 15.8. The molecule has 1 aromatic carbocycles. The van der Waals surface area contributed by atoms with Crippen LogP contribution in [-0.4, -0.2) is 27.5 Å². The van der Waals surface area contributed by atoms with Crippen LogP contribution in [0, 0.1) is 0 Å². The summed E-state index contributed by atoms with van der Waals surface area (Å²) in [6.07, 6.45) is -0.282. The summed E-state index contributed by atoms with van der Waals surface area (Å²) in [6.45, 7) is -2.54. The maximum Gasteiger partial charge on any atom is 0.306 e. The van der Waals surface area contributed by atoms with Crippen LogP contribution in [0.1, 0.15) is 33.1 Å². The van der Waals surface area contributed by atoms with Crippen molar-refractivity contribution in [3.05, 3.63) is 23.8 Å². The van der Waals surface area contributed by atoms with E-state index in [0.717, 1.165) is 6.26 Å². The Morgan fingerprint density at radius 3 is 2.89 bits per heavy atom. The molecule has 1 unspecified atom stereocenters. The molecule has 0 spiro atoms. The van der Waals surface area contributed by atoms with E-state index in [1.165, 1.54) is 18.2 Å². The van der Waals surface area contributed by atoms with E-state index in [0.29, 0.717) is 11.3 Å². The molecule has 0 aromatic heterocycles. The number of hydrogen-bond donors (Lipinski definition) is 0. The SMILES string of the molecule is [2H]C([2H])([2H])C([2H])([2H])OC1Oc2ccc(OS(C)(=O)=O)cc2C1(C)C. The van der Waals surface area contributed by atoms with Crippen molar-refractivity contribution in [1.29, 1.82) is 0 Å². The molecule has 0 radical (unpaired) electrons. The lowest BCUT2D eigenvalue weighted by molar-refractivity contribution is -0.0981. The van der Waals surface area contributed by atoms with E-state index < -0.39 is 35.2 Å². The van der Waals surface area contributed by atoms with Crippen LogP contribution < -0.4 is 8.92 Å². The van der Waals surface area contributed by atoms with E-state index >= 15 is 0 Å². The molecule has 0 amide bonds. The topological polar surface area (TPSA) is 61.8 Å². The van der Waals surface area contributed by atoms with Crippen molar-refractivity contribution in [2.75, 3.05) is 12.8 Å². The molecular formula is C13H18O5S. The largest absolute Gasteiger partial charge is 0.464 e. The molecule has 1 aliphatic rings. The van der Waals surface area contributed by atoms with Crippen molar-refractivity contribution in [3.63, 3.8) is 0 Å². The summed E-state index contributed by atoms with van der Waals surface area (Å²) in [5.41, 5.74) is -0.403. The van der Waals surface area contributed by atoms with Crippen LogP contribution in [-0.2, 0) is 20.3 Å². The third-order valence-electron chi connectivity index (χ3n) is 2.88. The predicted molar refractivity (Wildman–Crippen MR) is 71.0 cm³/mol. The molecule has 0 saturated heterocycles.